The Bertz CT molecular complexity index is 256. The molecule has 5 nitrogen and oxygen atoms in total. The minimum atomic E-state index is -0.619. The topological polar surface area (TPSA) is 58.6 Å². The first-order valence-corrected chi connectivity index (χ1v) is 5.29. The van der Waals surface area contributed by atoms with E-state index in [0.717, 1.165) is 0 Å². The second-order valence-electron chi connectivity index (χ2n) is 5.06. The van der Waals surface area contributed by atoms with Gasteiger partial charge < -0.3 is 15.0 Å². The average Bonchev–Trinajstić information content (AvgIpc) is 1.98. The normalized spacial score (nSPS) is 13.4. The van der Waals surface area contributed by atoms with Crippen molar-refractivity contribution in [2.75, 3.05) is 20.6 Å². The fourth-order valence-corrected chi connectivity index (χ4v) is 1.02. The minimum absolute atomic E-state index is 0.191. The first-order valence-electron chi connectivity index (χ1n) is 5.29. The number of hydrogen-bond donors (Lipinski definition) is 1. The van der Waals surface area contributed by atoms with Gasteiger partial charge in [-0.1, -0.05) is 0 Å². The number of likely N-dealkylation sites (N-methyl/N-ethyl adjacent to an activating group) is 1. The molecule has 0 saturated carbocycles. The molecule has 1 atom stereocenters. The molecule has 1 amide bonds. The lowest BCUT2D eigenvalue weighted by Gasteiger charge is -2.23. The summed E-state index contributed by atoms with van der Waals surface area (Å²) >= 11 is 0. The zero-order valence-electron chi connectivity index (χ0n) is 11.0. The van der Waals surface area contributed by atoms with E-state index >= 15 is 0 Å². The fraction of sp³-hybridized carbons (Fsp3) is 0.818. The molecule has 0 radical (unpaired) electrons. The molecule has 0 heterocycles. The van der Waals surface area contributed by atoms with Crippen molar-refractivity contribution >= 4 is 11.9 Å². The average molecular weight is 230 g/mol. The first kappa shape index (κ1) is 14.9. The molecule has 16 heavy (non-hydrogen) atoms. The van der Waals surface area contributed by atoms with E-state index in [2.05, 4.69) is 5.32 Å². The lowest BCUT2D eigenvalue weighted by Crippen LogP contribution is -2.45. The maximum absolute atomic E-state index is 11.5. The Morgan fingerprint density at radius 2 is 1.81 bits per heavy atom. The zero-order valence-corrected chi connectivity index (χ0v) is 11.0. The number of amides is 1. The van der Waals surface area contributed by atoms with Crippen LogP contribution in [0.5, 0.6) is 0 Å². The van der Waals surface area contributed by atoms with Gasteiger partial charge in [-0.3, -0.25) is 4.79 Å². The smallest absolute Gasteiger partial charge is 0.328 e. The van der Waals surface area contributed by atoms with Crippen LogP contribution in [-0.4, -0.2) is 49.1 Å². The number of esters is 1. The van der Waals surface area contributed by atoms with Gasteiger partial charge >= 0.3 is 5.97 Å². The zero-order chi connectivity index (χ0) is 12.9. The summed E-state index contributed by atoms with van der Waals surface area (Å²) in [6.07, 6.45) is 0. The maximum Gasteiger partial charge on any atom is 0.328 e. The Balaban J connectivity index is 4.11. The quantitative estimate of drug-likeness (QED) is 0.710. The molecule has 0 aromatic carbocycles. The van der Waals surface area contributed by atoms with Crippen molar-refractivity contribution < 1.29 is 14.3 Å². The highest BCUT2D eigenvalue weighted by Gasteiger charge is 2.22. The molecule has 0 bridgehead atoms. The monoisotopic (exact) mass is 230 g/mol. The third-order valence-electron chi connectivity index (χ3n) is 1.60. The van der Waals surface area contributed by atoms with Gasteiger partial charge in [-0.2, -0.15) is 0 Å². The fourth-order valence-electron chi connectivity index (χ4n) is 1.02. The molecule has 0 saturated heterocycles. The number of hydrogen-bond acceptors (Lipinski definition) is 4. The van der Waals surface area contributed by atoms with E-state index in [9.17, 15) is 9.59 Å². The Morgan fingerprint density at radius 1 is 1.31 bits per heavy atom. The van der Waals surface area contributed by atoms with E-state index in [0.29, 0.717) is 0 Å². The van der Waals surface area contributed by atoms with E-state index in [1.54, 1.807) is 46.7 Å². The second kappa shape index (κ2) is 5.84. The lowest BCUT2D eigenvalue weighted by molar-refractivity contribution is -0.158. The standard InChI is InChI=1S/C11H22N2O3/c1-8(10(15)16-11(2,3)4)12-9(14)7-13(5)6/h8H,7H2,1-6H3,(H,12,14)/t8-/m0/s1. The molecule has 0 aromatic rings. The number of ether oxygens (including phenoxy) is 1. The summed E-state index contributed by atoms with van der Waals surface area (Å²) in [7, 11) is 3.58. The summed E-state index contributed by atoms with van der Waals surface area (Å²) < 4.78 is 5.14. The number of rotatable bonds is 4. The van der Waals surface area contributed by atoms with Crippen LogP contribution in [0.4, 0.5) is 0 Å². The number of nitrogens with zero attached hydrogens (tertiary/aromatic N) is 1. The Labute approximate surface area is 97.1 Å². The molecular weight excluding hydrogens is 208 g/mol. The first-order chi connectivity index (χ1) is 7.11. The van der Waals surface area contributed by atoms with Gasteiger partial charge in [0.2, 0.25) is 5.91 Å². The summed E-state index contributed by atoms with van der Waals surface area (Å²) in [4.78, 5) is 24.6. The molecule has 94 valence electrons. The van der Waals surface area contributed by atoms with E-state index in [1.165, 1.54) is 0 Å². The lowest BCUT2D eigenvalue weighted by atomic mass is 10.2. The molecule has 5 heteroatoms. The molecule has 1 N–H and O–H groups in total. The van der Waals surface area contributed by atoms with Crippen LogP contribution >= 0.6 is 0 Å². The predicted octanol–water partition coefficient (Wildman–Crippen LogP) is 0.394. The van der Waals surface area contributed by atoms with Gasteiger partial charge in [-0.05, 0) is 41.8 Å². The summed E-state index contributed by atoms with van der Waals surface area (Å²) in [6, 6.07) is -0.619. The van der Waals surface area contributed by atoms with E-state index in [4.69, 9.17) is 4.74 Å². The Kier molecular flexibility index (Phi) is 5.44. The van der Waals surface area contributed by atoms with E-state index in [1.807, 2.05) is 0 Å². The van der Waals surface area contributed by atoms with Gasteiger partial charge in [-0.15, -0.1) is 0 Å². The van der Waals surface area contributed by atoms with Crippen LogP contribution in [0.2, 0.25) is 0 Å². The van der Waals surface area contributed by atoms with Gasteiger partial charge in [0.15, 0.2) is 0 Å². The molecule has 0 aliphatic heterocycles. The van der Waals surface area contributed by atoms with Crippen LogP contribution in [-0.2, 0) is 14.3 Å². The highest BCUT2D eigenvalue weighted by atomic mass is 16.6. The van der Waals surface area contributed by atoms with Crippen LogP contribution in [0.1, 0.15) is 27.7 Å². The number of carbonyl (C=O) groups excluding carboxylic acids is 2. The van der Waals surface area contributed by atoms with Crippen molar-refractivity contribution in [3.63, 3.8) is 0 Å². The molecule has 0 aliphatic rings. The van der Waals surface area contributed by atoms with E-state index in [-0.39, 0.29) is 12.5 Å². The Hall–Kier alpha value is -1.10. The van der Waals surface area contributed by atoms with Crippen LogP contribution < -0.4 is 5.32 Å². The number of nitrogens with one attached hydrogen (secondary N) is 1. The molecule has 0 aromatic heterocycles. The predicted molar refractivity (Wildman–Crippen MR) is 62.0 cm³/mol. The molecule has 0 spiro atoms. The summed E-state index contributed by atoms with van der Waals surface area (Å²) in [5.74, 6) is -0.608. The second-order valence-corrected chi connectivity index (χ2v) is 5.06. The van der Waals surface area contributed by atoms with Crippen LogP contribution in [0, 0.1) is 0 Å². The largest absolute Gasteiger partial charge is 0.458 e. The van der Waals surface area contributed by atoms with Crippen molar-refractivity contribution in [1.29, 1.82) is 0 Å². The van der Waals surface area contributed by atoms with Crippen LogP contribution in [0.3, 0.4) is 0 Å². The molecule has 0 aliphatic carbocycles. The van der Waals surface area contributed by atoms with Crippen molar-refractivity contribution in [2.45, 2.75) is 39.3 Å². The van der Waals surface area contributed by atoms with Gasteiger partial charge in [0, 0.05) is 0 Å². The number of carbonyl (C=O) groups is 2. The van der Waals surface area contributed by atoms with Crippen molar-refractivity contribution in [1.82, 2.24) is 10.2 Å². The SMILES string of the molecule is C[C@H](NC(=O)CN(C)C)C(=O)OC(C)(C)C. The van der Waals surface area contributed by atoms with Gasteiger partial charge in [0.05, 0.1) is 6.54 Å². The van der Waals surface area contributed by atoms with Crippen molar-refractivity contribution in [3.8, 4) is 0 Å². The van der Waals surface area contributed by atoms with E-state index < -0.39 is 17.6 Å². The highest BCUT2D eigenvalue weighted by molar-refractivity contribution is 5.85. The van der Waals surface area contributed by atoms with Crippen molar-refractivity contribution in [3.05, 3.63) is 0 Å². The summed E-state index contributed by atoms with van der Waals surface area (Å²) in [5, 5.41) is 2.58. The summed E-state index contributed by atoms with van der Waals surface area (Å²) in [6.45, 7) is 7.24. The molecule has 0 rings (SSSR count). The summed E-state index contributed by atoms with van der Waals surface area (Å²) in [5.41, 5.74) is -0.530. The van der Waals surface area contributed by atoms with Gasteiger partial charge in [0.25, 0.3) is 0 Å². The van der Waals surface area contributed by atoms with Crippen molar-refractivity contribution in [2.24, 2.45) is 0 Å². The minimum Gasteiger partial charge on any atom is -0.458 e. The van der Waals surface area contributed by atoms with Gasteiger partial charge in [-0.25, -0.2) is 4.79 Å². The van der Waals surface area contributed by atoms with Crippen LogP contribution in [0.15, 0.2) is 0 Å². The third-order valence-corrected chi connectivity index (χ3v) is 1.60. The Morgan fingerprint density at radius 3 is 2.19 bits per heavy atom. The third kappa shape index (κ3) is 7.23. The molecule has 0 unspecified atom stereocenters. The molecule has 0 fully saturated rings. The maximum atomic E-state index is 11.5. The molecular formula is C11H22N2O3. The highest BCUT2D eigenvalue weighted by Crippen LogP contribution is 2.08. The van der Waals surface area contributed by atoms with Crippen LogP contribution in [0.25, 0.3) is 0 Å². The van der Waals surface area contributed by atoms with Gasteiger partial charge in [0.1, 0.15) is 11.6 Å².